The van der Waals surface area contributed by atoms with E-state index in [0.717, 1.165) is 12.5 Å². The SMILES string of the molecule is C=CC[Si](C)(C)C1=[C-]CC=C1[Si](C)(C)CC=C.[CH3-].[CH3-].[CH3-].[Pt+4]. The van der Waals surface area contributed by atoms with Gasteiger partial charge >= 0.3 is 21.1 Å². The molecule has 124 valence electrons. The Balaban J connectivity index is -0.000000361. The van der Waals surface area contributed by atoms with Crippen molar-refractivity contribution >= 4 is 16.1 Å². The Morgan fingerprint density at radius 1 is 1.00 bits per heavy atom. The van der Waals surface area contributed by atoms with Gasteiger partial charge in [-0.05, 0) is 14.1 Å². The monoisotopic (exact) mass is 501 g/mol. The van der Waals surface area contributed by atoms with Crippen molar-refractivity contribution in [3.8, 4) is 0 Å². The minimum Gasteiger partial charge on any atom is -0.358 e. The van der Waals surface area contributed by atoms with Crippen molar-refractivity contribution in [1.82, 2.24) is 0 Å². The average molecular weight is 502 g/mol. The summed E-state index contributed by atoms with van der Waals surface area (Å²) in [6, 6.07) is 2.33. The normalized spacial score (nSPS) is 13.3. The fourth-order valence-corrected chi connectivity index (χ4v) is 9.33. The van der Waals surface area contributed by atoms with E-state index in [-0.39, 0.29) is 43.3 Å². The van der Waals surface area contributed by atoms with Gasteiger partial charge in [0.2, 0.25) is 0 Å². The first-order valence-corrected chi connectivity index (χ1v) is 12.8. The molecule has 1 aliphatic rings. The molecule has 0 unspecified atom stereocenters. The first kappa shape index (κ1) is 29.1. The molecule has 0 amide bonds. The van der Waals surface area contributed by atoms with Gasteiger partial charge in [0.05, 0.1) is 0 Å². The molecule has 1 aliphatic carbocycles. The fraction of sp³-hybridized carbons (Fsp3) is 0.389. The van der Waals surface area contributed by atoms with Gasteiger partial charge in [-0.2, -0.15) is 6.08 Å². The Labute approximate surface area is 151 Å². The van der Waals surface area contributed by atoms with Crippen molar-refractivity contribution in [2.45, 2.75) is 44.7 Å². The van der Waals surface area contributed by atoms with Crippen LogP contribution in [-0.4, -0.2) is 16.1 Å². The molecular weight excluding hydrogens is 467 g/mol. The summed E-state index contributed by atoms with van der Waals surface area (Å²) in [6.45, 7) is 17.6. The van der Waals surface area contributed by atoms with Crippen molar-refractivity contribution in [1.29, 1.82) is 0 Å². The van der Waals surface area contributed by atoms with Crippen molar-refractivity contribution in [2.75, 3.05) is 0 Å². The molecule has 0 saturated heterocycles. The second kappa shape index (κ2) is 11.6. The van der Waals surface area contributed by atoms with Gasteiger partial charge in [0.15, 0.2) is 0 Å². The topological polar surface area (TPSA) is 0 Å². The largest absolute Gasteiger partial charge is 4.00 e. The standard InChI is InChI=1S/C15H25Si2.3CH3.Pt/c1-7-12-16(3,4)14-10-9-11-15(14)17(5,6)13-8-2;;;;/h7-8,10H,1-2,9,12-13H2,3-6H3;3*1H3;/q4*-1;+4. The van der Waals surface area contributed by atoms with E-state index in [9.17, 15) is 0 Å². The van der Waals surface area contributed by atoms with Crippen LogP contribution in [0.2, 0.25) is 38.3 Å². The Kier molecular flexibility index (Phi) is 16.1. The van der Waals surface area contributed by atoms with Crippen LogP contribution < -0.4 is 0 Å². The summed E-state index contributed by atoms with van der Waals surface area (Å²) in [5.41, 5.74) is 0. The summed E-state index contributed by atoms with van der Waals surface area (Å²) in [5, 5.41) is 3.23. The number of rotatable bonds is 6. The van der Waals surface area contributed by atoms with E-state index in [1.807, 2.05) is 0 Å². The van der Waals surface area contributed by atoms with Crippen LogP contribution >= 0.6 is 0 Å². The number of hydrogen-bond donors (Lipinski definition) is 0. The molecule has 0 aromatic carbocycles. The maximum absolute atomic E-state index is 3.91. The summed E-state index contributed by atoms with van der Waals surface area (Å²) >= 11 is 0. The molecule has 0 radical (unpaired) electrons. The molecule has 0 heterocycles. The van der Waals surface area contributed by atoms with Gasteiger partial charge in [-0.1, -0.05) is 44.4 Å². The maximum Gasteiger partial charge on any atom is 4.00 e. The fourth-order valence-electron chi connectivity index (χ4n) is 2.60. The van der Waals surface area contributed by atoms with Crippen LogP contribution in [0.1, 0.15) is 6.42 Å². The van der Waals surface area contributed by atoms with Crippen LogP contribution in [-0.2, 0) is 21.1 Å². The van der Waals surface area contributed by atoms with E-state index in [4.69, 9.17) is 0 Å². The Morgan fingerprint density at radius 3 is 1.86 bits per heavy atom. The molecule has 0 saturated carbocycles. The minimum atomic E-state index is -1.35. The van der Waals surface area contributed by atoms with E-state index < -0.39 is 16.1 Å². The molecule has 0 nitrogen and oxygen atoms in total. The Morgan fingerprint density at radius 2 is 1.43 bits per heavy atom. The van der Waals surface area contributed by atoms with E-state index in [2.05, 4.69) is 63.6 Å². The smallest absolute Gasteiger partial charge is 0.358 e. The third-order valence-electron chi connectivity index (χ3n) is 3.57. The molecule has 0 fully saturated rings. The molecule has 21 heavy (non-hydrogen) atoms. The molecule has 3 heteroatoms. The van der Waals surface area contributed by atoms with Crippen LogP contribution in [0.15, 0.2) is 41.8 Å². The van der Waals surface area contributed by atoms with Gasteiger partial charge in [0.25, 0.3) is 0 Å². The van der Waals surface area contributed by atoms with Crippen LogP contribution in [0, 0.1) is 28.4 Å². The zero-order chi connectivity index (χ0) is 13.1. The van der Waals surface area contributed by atoms with E-state index in [1.165, 1.54) is 6.04 Å². The molecule has 1 rings (SSSR count). The van der Waals surface area contributed by atoms with E-state index >= 15 is 0 Å². The molecule has 0 aromatic heterocycles. The Hall–Kier alpha value is 0.0821. The Bertz CT molecular complexity index is 341. The van der Waals surface area contributed by atoms with E-state index in [1.54, 1.807) is 10.4 Å². The zero-order valence-corrected chi connectivity index (χ0v) is 19.4. The predicted molar refractivity (Wildman–Crippen MR) is 104 cm³/mol. The van der Waals surface area contributed by atoms with E-state index in [0.29, 0.717) is 0 Å². The van der Waals surface area contributed by atoms with Gasteiger partial charge in [-0.3, -0.25) is 6.08 Å². The molecule has 0 bridgehead atoms. The second-order valence-corrected chi connectivity index (χ2v) is 15.5. The minimum absolute atomic E-state index is 0. The third kappa shape index (κ3) is 7.26. The molecule has 0 atom stereocenters. The van der Waals surface area contributed by atoms with Gasteiger partial charge in [-0.15, -0.1) is 19.6 Å². The quantitative estimate of drug-likeness (QED) is 0.229. The second-order valence-electron chi connectivity index (χ2n) is 6.13. The summed E-state index contributed by atoms with van der Waals surface area (Å²) in [7, 11) is -2.68. The molecular formula is C18H34PtSi2. The number of hydrogen-bond acceptors (Lipinski definition) is 0. The van der Waals surface area contributed by atoms with Crippen LogP contribution in [0.25, 0.3) is 0 Å². The van der Waals surface area contributed by atoms with Crippen molar-refractivity contribution in [2.24, 2.45) is 0 Å². The van der Waals surface area contributed by atoms with Crippen molar-refractivity contribution in [3.63, 3.8) is 0 Å². The van der Waals surface area contributed by atoms with Crippen LogP contribution in [0.5, 0.6) is 0 Å². The first-order chi connectivity index (χ1) is 7.85. The number of allylic oxidation sites excluding steroid dienone is 6. The maximum atomic E-state index is 3.91. The van der Waals surface area contributed by atoms with Gasteiger partial charge in [0, 0.05) is 8.07 Å². The molecule has 0 aliphatic heterocycles. The van der Waals surface area contributed by atoms with Crippen LogP contribution in [0.4, 0.5) is 0 Å². The van der Waals surface area contributed by atoms with Crippen molar-refractivity contribution < 1.29 is 21.1 Å². The summed E-state index contributed by atoms with van der Waals surface area (Å²) < 4.78 is 0. The van der Waals surface area contributed by atoms with Crippen molar-refractivity contribution in [3.05, 3.63) is 70.1 Å². The van der Waals surface area contributed by atoms with Gasteiger partial charge < -0.3 is 22.3 Å². The summed E-state index contributed by atoms with van der Waals surface area (Å²) in [6.07, 6.45) is 11.2. The third-order valence-corrected chi connectivity index (χ3v) is 10.2. The van der Waals surface area contributed by atoms with Gasteiger partial charge in [-0.25, -0.2) is 10.4 Å². The predicted octanol–water partition coefficient (Wildman–Crippen LogP) is 6.26. The summed E-state index contributed by atoms with van der Waals surface area (Å²) in [4.78, 5) is 0. The molecule has 0 aromatic rings. The summed E-state index contributed by atoms with van der Waals surface area (Å²) in [5.74, 6) is 0. The molecule has 0 spiro atoms. The first-order valence-electron chi connectivity index (χ1n) is 6.39. The molecule has 0 N–H and O–H groups in total. The van der Waals surface area contributed by atoms with Crippen LogP contribution in [0.3, 0.4) is 0 Å². The zero-order valence-electron chi connectivity index (χ0n) is 15.1. The average Bonchev–Trinajstić information content (AvgIpc) is 2.66. The van der Waals surface area contributed by atoms with Gasteiger partial charge in [0.1, 0.15) is 0 Å².